The molecule has 0 fully saturated rings. The minimum Gasteiger partial charge on any atom is -0.497 e. The number of nitrogens with zero attached hydrogens (tertiary/aromatic N) is 4. The summed E-state index contributed by atoms with van der Waals surface area (Å²) in [5, 5.41) is 3.71. The van der Waals surface area contributed by atoms with Gasteiger partial charge < -0.3 is 13.8 Å². The van der Waals surface area contributed by atoms with E-state index in [1.54, 1.807) is 14.0 Å². The van der Waals surface area contributed by atoms with E-state index in [0.717, 1.165) is 22.6 Å². The summed E-state index contributed by atoms with van der Waals surface area (Å²) >= 11 is 6.25. The largest absolute Gasteiger partial charge is 0.497 e. The van der Waals surface area contributed by atoms with Crippen molar-refractivity contribution >= 4 is 22.6 Å². The Balaban J connectivity index is 2.14. The lowest BCUT2D eigenvalue weighted by atomic mass is 10.3. The van der Waals surface area contributed by atoms with Crippen molar-refractivity contribution in [1.82, 2.24) is 19.7 Å². The van der Waals surface area contributed by atoms with Crippen molar-refractivity contribution in [3.05, 3.63) is 35.7 Å². The number of aryl methyl sites for hydroxylation is 1. The van der Waals surface area contributed by atoms with E-state index in [-0.39, 0.29) is 5.38 Å². The fraction of sp³-hybridized carbons (Fsp3) is 0.357. The van der Waals surface area contributed by atoms with Gasteiger partial charge >= 0.3 is 0 Å². The van der Waals surface area contributed by atoms with E-state index in [0.29, 0.717) is 18.3 Å². The Morgan fingerprint density at radius 2 is 2.19 bits per heavy atom. The molecule has 1 aromatic carbocycles. The summed E-state index contributed by atoms with van der Waals surface area (Å²) < 4.78 is 12.3. The lowest BCUT2D eigenvalue weighted by Gasteiger charge is -2.08. The SMILES string of the molecule is COc1ccc2nc(C(C)Cl)n(Cc3noc(C)n3)c2c1. The molecule has 0 saturated heterocycles. The molecule has 0 N–H and O–H groups in total. The van der Waals surface area contributed by atoms with Crippen LogP contribution in [0.2, 0.25) is 0 Å². The molecule has 0 spiro atoms. The standard InChI is InChI=1S/C14H15ClN4O2/c1-8(15)14-17-11-5-4-10(20-3)6-12(11)19(14)7-13-16-9(2)21-18-13/h4-6,8H,7H2,1-3H3. The van der Waals surface area contributed by atoms with Crippen LogP contribution in [0.4, 0.5) is 0 Å². The van der Waals surface area contributed by atoms with Crippen molar-refractivity contribution in [2.75, 3.05) is 7.11 Å². The zero-order valence-corrected chi connectivity index (χ0v) is 12.8. The summed E-state index contributed by atoms with van der Waals surface area (Å²) in [6, 6.07) is 5.72. The van der Waals surface area contributed by atoms with Gasteiger partial charge in [0, 0.05) is 13.0 Å². The van der Waals surface area contributed by atoms with Gasteiger partial charge in [-0.2, -0.15) is 4.98 Å². The van der Waals surface area contributed by atoms with E-state index < -0.39 is 0 Å². The number of alkyl halides is 1. The molecule has 0 aliphatic heterocycles. The fourth-order valence-corrected chi connectivity index (χ4v) is 2.43. The van der Waals surface area contributed by atoms with Gasteiger partial charge in [0.2, 0.25) is 5.89 Å². The smallest absolute Gasteiger partial charge is 0.223 e. The van der Waals surface area contributed by atoms with Gasteiger partial charge in [-0.05, 0) is 19.1 Å². The van der Waals surface area contributed by atoms with Crippen LogP contribution in [0, 0.1) is 6.92 Å². The average molecular weight is 307 g/mol. The molecule has 1 unspecified atom stereocenters. The summed E-state index contributed by atoms with van der Waals surface area (Å²) in [4.78, 5) is 8.81. The summed E-state index contributed by atoms with van der Waals surface area (Å²) in [6.07, 6.45) is 0. The van der Waals surface area contributed by atoms with Crippen LogP contribution in [0.1, 0.15) is 29.8 Å². The van der Waals surface area contributed by atoms with Crippen LogP contribution in [0.5, 0.6) is 5.75 Å². The molecule has 2 heterocycles. The number of fused-ring (bicyclic) bond motifs is 1. The second kappa shape index (κ2) is 5.37. The molecule has 1 atom stereocenters. The van der Waals surface area contributed by atoms with Gasteiger partial charge in [0.25, 0.3) is 0 Å². The number of ether oxygens (including phenoxy) is 1. The molecular weight excluding hydrogens is 292 g/mol. The molecular formula is C14H15ClN4O2. The van der Waals surface area contributed by atoms with Gasteiger partial charge in [-0.1, -0.05) is 5.16 Å². The van der Waals surface area contributed by atoms with Crippen LogP contribution >= 0.6 is 11.6 Å². The molecule has 3 aromatic rings. The number of methoxy groups -OCH3 is 1. The molecule has 0 saturated carbocycles. The minimum atomic E-state index is -0.226. The van der Waals surface area contributed by atoms with E-state index in [1.165, 1.54) is 0 Å². The maximum Gasteiger partial charge on any atom is 0.223 e. The molecule has 21 heavy (non-hydrogen) atoms. The zero-order valence-electron chi connectivity index (χ0n) is 12.0. The first-order valence-electron chi connectivity index (χ1n) is 6.56. The zero-order chi connectivity index (χ0) is 15.0. The van der Waals surface area contributed by atoms with Crippen LogP contribution < -0.4 is 4.74 Å². The molecule has 2 aromatic heterocycles. The second-order valence-corrected chi connectivity index (χ2v) is 5.41. The van der Waals surface area contributed by atoms with Crippen LogP contribution in [-0.2, 0) is 6.54 Å². The molecule has 0 aliphatic carbocycles. The van der Waals surface area contributed by atoms with Crippen LogP contribution in [0.25, 0.3) is 11.0 Å². The van der Waals surface area contributed by atoms with Gasteiger partial charge in [-0.3, -0.25) is 0 Å². The highest BCUT2D eigenvalue weighted by Crippen LogP contribution is 2.27. The molecule has 0 radical (unpaired) electrons. The molecule has 7 heteroatoms. The third kappa shape index (κ3) is 2.58. The number of hydrogen-bond acceptors (Lipinski definition) is 5. The van der Waals surface area contributed by atoms with Crippen molar-refractivity contribution in [3.8, 4) is 5.75 Å². The van der Waals surface area contributed by atoms with Crippen molar-refractivity contribution in [1.29, 1.82) is 0 Å². The molecule has 0 bridgehead atoms. The predicted molar refractivity (Wildman–Crippen MR) is 78.7 cm³/mol. The first kappa shape index (κ1) is 13.9. The Labute approximate surface area is 126 Å². The van der Waals surface area contributed by atoms with Gasteiger partial charge in [0.1, 0.15) is 11.6 Å². The maximum atomic E-state index is 6.25. The average Bonchev–Trinajstić information content (AvgIpc) is 3.03. The number of halogens is 1. The van der Waals surface area contributed by atoms with Gasteiger partial charge in [-0.15, -0.1) is 11.6 Å². The highest BCUT2D eigenvalue weighted by molar-refractivity contribution is 6.20. The van der Waals surface area contributed by atoms with Crippen LogP contribution in [0.3, 0.4) is 0 Å². The van der Waals surface area contributed by atoms with Crippen molar-refractivity contribution in [2.45, 2.75) is 25.8 Å². The Morgan fingerprint density at radius 3 is 2.81 bits per heavy atom. The quantitative estimate of drug-likeness (QED) is 0.693. The highest BCUT2D eigenvalue weighted by Gasteiger charge is 2.17. The molecule has 6 nitrogen and oxygen atoms in total. The first-order chi connectivity index (χ1) is 10.1. The Hall–Kier alpha value is -2.08. The van der Waals surface area contributed by atoms with Gasteiger partial charge in [0.15, 0.2) is 5.82 Å². The Morgan fingerprint density at radius 1 is 1.38 bits per heavy atom. The lowest BCUT2D eigenvalue weighted by molar-refractivity contribution is 0.386. The van der Waals surface area contributed by atoms with Gasteiger partial charge in [0.05, 0.1) is 30.1 Å². The summed E-state index contributed by atoms with van der Waals surface area (Å²) in [7, 11) is 1.63. The molecule has 0 amide bonds. The minimum absolute atomic E-state index is 0.226. The predicted octanol–water partition coefficient (Wildman–Crippen LogP) is 3.08. The molecule has 0 aliphatic rings. The summed E-state index contributed by atoms with van der Waals surface area (Å²) in [5.74, 6) is 2.66. The fourth-order valence-electron chi connectivity index (χ4n) is 2.26. The third-order valence-electron chi connectivity index (χ3n) is 3.21. The normalized spacial score (nSPS) is 12.8. The Kier molecular flexibility index (Phi) is 3.55. The number of rotatable bonds is 4. The topological polar surface area (TPSA) is 66.0 Å². The molecule has 3 rings (SSSR count). The number of hydrogen-bond donors (Lipinski definition) is 0. The maximum absolute atomic E-state index is 6.25. The van der Waals surface area contributed by atoms with Crippen molar-refractivity contribution < 1.29 is 9.26 Å². The van der Waals surface area contributed by atoms with Crippen LogP contribution in [0.15, 0.2) is 22.7 Å². The monoisotopic (exact) mass is 306 g/mol. The van der Waals surface area contributed by atoms with E-state index in [9.17, 15) is 0 Å². The van der Waals surface area contributed by atoms with E-state index in [4.69, 9.17) is 20.9 Å². The van der Waals surface area contributed by atoms with Crippen molar-refractivity contribution in [3.63, 3.8) is 0 Å². The third-order valence-corrected chi connectivity index (χ3v) is 3.41. The summed E-state index contributed by atoms with van der Waals surface area (Å²) in [6.45, 7) is 4.10. The number of benzene rings is 1. The van der Waals surface area contributed by atoms with Crippen LogP contribution in [-0.4, -0.2) is 26.8 Å². The van der Waals surface area contributed by atoms with Gasteiger partial charge in [-0.25, -0.2) is 4.98 Å². The lowest BCUT2D eigenvalue weighted by Crippen LogP contribution is -2.07. The Bertz CT molecular complexity index is 778. The second-order valence-electron chi connectivity index (χ2n) is 4.76. The summed E-state index contributed by atoms with van der Waals surface area (Å²) in [5.41, 5.74) is 1.79. The molecule has 110 valence electrons. The highest BCUT2D eigenvalue weighted by atomic mass is 35.5. The van der Waals surface area contributed by atoms with E-state index in [1.807, 2.05) is 29.7 Å². The van der Waals surface area contributed by atoms with Crippen molar-refractivity contribution in [2.24, 2.45) is 0 Å². The first-order valence-corrected chi connectivity index (χ1v) is 6.99. The number of imidazole rings is 1. The number of aromatic nitrogens is 4. The van der Waals surface area contributed by atoms with E-state index in [2.05, 4.69) is 15.1 Å². The van der Waals surface area contributed by atoms with E-state index >= 15 is 0 Å².